The second-order valence-corrected chi connectivity index (χ2v) is 11.9. The number of nitrogens with zero attached hydrogens (tertiary/aromatic N) is 4. The van der Waals surface area contributed by atoms with Crippen LogP contribution in [-0.4, -0.2) is 68.3 Å². The zero-order valence-corrected chi connectivity index (χ0v) is 24.1. The number of carboxylic acid groups (broad SMARTS) is 1. The fourth-order valence-electron chi connectivity index (χ4n) is 6.90. The van der Waals surface area contributed by atoms with E-state index in [4.69, 9.17) is 0 Å². The van der Waals surface area contributed by atoms with Gasteiger partial charge in [-0.1, -0.05) is 42.5 Å². The predicted molar refractivity (Wildman–Crippen MR) is 156 cm³/mol. The van der Waals surface area contributed by atoms with Crippen molar-refractivity contribution in [1.82, 2.24) is 24.8 Å². The van der Waals surface area contributed by atoms with Gasteiger partial charge in [0.05, 0.1) is 18.1 Å². The highest BCUT2D eigenvalue weighted by Crippen LogP contribution is 2.34. The molecule has 2 fully saturated rings. The molecule has 10 nitrogen and oxygen atoms in total. The number of quaternary nitrogens is 1. The Kier molecular flexibility index (Phi) is 8.17. The number of urea groups is 1. The summed E-state index contributed by atoms with van der Waals surface area (Å²) >= 11 is 0. The highest BCUT2D eigenvalue weighted by molar-refractivity contribution is 5.75. The number of aromatic nitrogens is 3. The van der Waals surface area contributed by atoms with E-state index in [0.717, 1.165) is 17.1 Å². The number of carbonyl (C=O) groups excluding carboxylic acids is 2. The molecule has 0 saturated carbocycles. The van der Waals surface area contributed by atoms with Crippen molar-refractivity contribution in [2.24, 2.45) is 0 Å². The normalized spacial score (nSPS) is 22.9. The smallest absolute Gasteiger partial charge is 0.327 e. The first-order valence-electron chi connectivity index (χ1n) is 14.9. The van der Waals surface area contributed by atoms with Gasteiger partial charge < -0.3 is 20.1 Å². The second-order valence-electron chi connectivity index (χ2n) is 11.9. The van der Waals surface area contributed by atoms with Gasteiger partial charge in [-0.2, -0.15) is 0 Å². The first-order chi connectivity index (χ1) is 21.2. The van der Waals surface area contributed by atoms with Gasteiger partial charge >= 0.3 is 11.7 Å². The largest absolute Gasteiger partial charge is 0.498 e. The van der Waals surface area contributed by atoms with Crippen LogP contribution in [0, 0.1) is 11.6 Å². The Morgan fingerprint density at radius 1 is 0.977 bits per heavy atom. The molecule has 2 aromatic carbocycles. The summed E-state index contributed by atoms with van der Waals surface area (Å²) in [4.78, 5) is 47.7. The molecule has 0 bridgehead atoms. The maximum Gasteiger partial charge on any atom is 0.327 e. The third-order valence-electron chi connectivity index (χ3n) is 9.07. The van der Waals surface area contributed by atoms with Crippen LogP contribution in [0.5, 0.6) is 0 Å². The van der Waals surface area contributed by atoms with E-state index in [1.54, 1.807) is 21.7 Å². The predicted octanol–water partition coefficient (Wildman–Crippen LogP) is 3.66. The van der Waals surface area contributed by atoms with Gasteiger partial charge in [0.25, 0.3) is 6.09 Å². The van der Waals surface area contributed by atoms with Crippen LogP contribution in [-0.2, 0) is 6.54 Å². The number of fused-ring (bicyclic) bond motifs is 1. The number of amides is 3. The van der Waals surface area contributed by atoms with Crippen LogP contribution in [0.2, 0.25) is 0 Å². The molecule has 3 atom stereocenters. The second kappa shape index (κ2) is 12.2. The molecule has 0 radical (unpaired) electrons. The monoisotopic (exact) mass is 604 g/mol. The number of benzene rings is 2. The highest BCUT2D eigenvalue weighted by Gasteiger charge is 2.42. The molecule has 4 aromatic rings. The summed E-state index contributed by atoms with van der Waals surface area (Å²) in [6.07, 6.45) is 2.14. The van der Waals surface area contributed by atoms with Crippen LogP contribution >= 0.6 is 0 Å². The maximum atomic E-state index is 14.9. The van der Waals surface area contributed by atoms with Crippen LogP contribution in [0.25, 0.3) is 11.2 Å². The zero-order chi connectivity index (χ0) is 30.8. The first kappa shape index (κ1) is 29.5. The number of likely N-dealkylation sites (tertiary alicyclic amines) is 2. The molecular weight excluding hydrogens is 570 g/mol. The maximum absolute atomic E-state index is 14.9. The number of nitrogens with one attached hydrogen (secondary N) is 2. The molecule has 44 heavy (non-hydrogen) atoms. The molecule has 0 aliphatic carbocycles. The Morgan fingerprint density at radius 3 is 2.50 bits per heavy atom. The van der Waals surface area contributed by atoms with Crippen LogP contribution in [0.4, 0.5) is 18.4 Å². The summed E-state index contributed by atoms with van der Waals surface area (Å²) in [6.45, 7) is 0.908. The van der Waals surface area contributed by atoms with Crippen molar-refractivity contribution in [3.63, 3.8) is 0 Å². The number of rotatable bonds is 5. The molecule has 4 heterocycles. The fourth-order valence-corrected chi connectivity index (χ4v) is 6.90. The minimum Gasteiger partial charge on any atom is -0.498 e. The Bertz CT molecular complexity index is 1720. The SMILES string of the molecule is O=C(N[C@@H]1CC[C@@H](c2cccc(F)c2F)C[N+](Cc2ccccc2)(C(=O)[O-])C1)N1CCC(n2c(=O)[nH]c3ncccc32)CC1. The summed E-state index contributed by atoms with van der Waals surface area (Å²) in [5.74, 6) is -2.57. The fraction of sp³-hybridized carbons (Fsp3) is 0.375. The van der Waals surface area contributed by atoms with Crippen LogP contribution in [0.15, 0.2) is 71.7 Å². The van der Waals surface area contributed by atoms with Crippen molar-refractivity contribution < 1.29 is 28.0 Å². The average Bonchev–Trinajstić information content (AvgIpc) is 3.25. The number of carbonyl (C=O) groups is 2. The van der Waals surface area contributed by atoms with E-state index in [2.05, 4.69) is 15.3 Å². The highest BCUT2D eigenvalue weighted by atomic mass is 19.2. The number of halogens is 2. The van der Waals surface area contributed by atoms with Crippen molar-refractivity contribution in [2.75, 3.05) is 26.2 Å². The Labute approximate surface area is 252 Å². The molecule has 12 heteroatoms. The lowest BCUT2D eigenvalue weighted by Crippen LogP contribution is -2.63. The third kappa shape index (κ3) is 5.81. The van der Waals surface area contributed by atoms with E-state index in [0.29, 0.717) is 44.4 Å². The minimum atomic E-state index is -1.34. The summed E-state index contributed by atoms with van der Waals surface area (Å²) in [6, 6.07) is 15.7. The molecule has 2 saturated heterocycles. The van der Waals surface area contributed by atoms with Crippen molar-refractivity contribution in [1.29, 1.82) is 0 Å². The minimum absolute atomic E-state index is 0.0103. The number of H-pyrrole nitrogens is 1. The molecule has 1 unspecified atom stereocenters. The van der Waals surface area contributed by atoms with Crippen LogP contribution in [0.1, 0.15) is 48.8 Å². The topological polar surface area (TPSA) is 123 Å². The molecule has 2 N–H and O–H groups in total. The van der Waals surface area contributed by atoms with Gasteiger partial charge in [-0.3, -0.25) is 14.0 Å². The molecule has 6 rings (SSSR count). The average molecular weight is 605 g/mol. The lowest BCUT2D eigenvalue weighted by Gasteiger charge is -2.41. The van der Waals surface area contributed by atoms with Gasteiger partial charge in [0.1, 0.15) is 13.1 Å². The standard InChI is InChI=1S/C32H34F2N6O4/c33-26-9-4-8-25(28(26)34)22-11-12-23(20-40(19-22,32(43)44)18-21-6-2-1-3-7-21)36-30(41)38-16-13-24(14-17-38)39-27-10-5-15-35-29(27)37-31(39)42/h1-10,15,22-24H,11-14,16-20H2,(H2-,35,36,37,41,42,43,44)/t22-,23-,40?/m1/s1. The van der Waals surface area contributed by atoms with Gasteiger partial charge in [0, 0.05) is 36.8 Å². The summed E-state index contributed by atoms with van der Waals surface area (Å²) < 4.78 is 30.3. The molecule has 2 aliphatic rings. The molecular formula is C32H34F2N6O4. The van der Waals surface area contributed by atoms with Crippen molar-refractivity contribution in [3.8, 4) is 0 Å². The molecule has 2 aliphatic heterocycles. The number of aromatic amines is 1. The number of pyridine rings is 1. The number of hydrogen-bond acceptors (Lipinski definition) is 5. The van der Waals surface area contributed by atoms with Crippen molar-refractivity contribution >= 4 is 23.3 Å². The number of piperidine rings is 1. The van der Waals surface area contributed by atoms with E-state index in [1.165, 1.54) is 12.1 Å². The van der Waals surface area contributed by atoms with Gasteiger partial charge in [0.15, 0.2) is 17.3 Å². The van der Waals surface area contributed by atoms with E-state index in [9.17, 15) is 28.3 Å². The Morgan fingerprint density at radius 2 is 1.75 bits per heavy atom. The van der Waals surface area contributed by atoms with Gasteiger partial charge in [-0.05, 0) is 49.4 Å². The van der Waals surface area contributed by atoms with Crippen molar-refractivity contribution in [2.45, 2.75) is 50.2 Å². The van der Waals surface area contributed by atoms with Gasteiger partial charge in [-0.25, -0.2) is 23.4 Å². The Balaban J connectivity index is 1.20. The lowest BCUT2D eigenvalue weighted by molar-refractivity contribution is -0.890. The number of imidazole rings is 1. The summed E-state index contributed by atoms with van der Waals surface area (Å²) in [5, 5.41) is 15.9. The third-order valence-corrected chi connectivity index (χ3v) is 9.07. The molecule has 2 aromatic heterocycles. The van der Waals surface area contributed by atoms with Crippen LogP contribution < -0.4 is 16.1 Å². The zero-order valence-electron chi connectivity index (χ0n) is 24.1. The van der Waals surface area contributed by atoms with E-state index < -0.39 is 34.2 Å². The Hall–Kier alpha value is -4.58. The molecule has 230 valence electrons. The van der Waals surface area contributed by atoms with Gasteiger partial charge in [-0.15, -0.1) is 0 Å². The van der Waals surface area contributed by atoms with Gasteiger partial charge in [0.2, 0.25) is 0 Å². The van der Waals surface area contributed by atoms with Crippen molar-refractivity contribution in [3.05, 3.63) is 100 Å². The van der Waals surface area contributed by atoms with E-state index >= 15 is 0 Å². The molecule has 0 spiro atoms. The van der Waals surface area contributed by atoms with Crippen LogP contribution in [0.3, 0.4) is 0 Å². The first-order valence-corrected chi connectivity index (χ1v) is 14.9. The quantitative estimate of drug-likeness (QED) is 0.337. The lowest BCUT2D eigenvalue weighted by atomic mass is 9.92. The summed E-state index contributed by atoms with van der Waals surface area (Å²) in [5.41, 5.74) is 1.88. The molecule has 3 amide bonds. The summed E-state index contributed by atoms with van der Waals surface area (Å²) in [7, 11) is 0. The number of hydrogen-bond donors (Lipinski definition) is 2. The van der Waals surface area contributed by atoms with E-state index in [-0.39, 0.29) is 43.0 Å². The van der Waals surface area contributed by atoms with E-state index in [1.807, 2.05) is 36.4 Å².